The van der Waals surface area contributed by atoms with Gasteiger partial charge in [0.25, 0.3) is 0 Å². The van der Waals surface area contributed by atoms with Crippen LogP contribution in [0.1, 0.15) is 31.2 Å². The number of allylic oxidation sites excluding steroid dienone is 1. The van der Waals surface area contributed by atoms with Gasteiger partial charge < -0.3 is 5.11 Å². The first-order valence-electron chi connectivity index (χ1n) is 5.97. The highest BCUT2D eigenvalue weighted by Gasteiger charge is 2.11. The van der Waals surface area contributed by atoms with Crippen molar-refractivity contribution in [2.45, 2.75) is 38.2 Å². The van der Waals surface area contributed by atoms with E-state index in [0.29, 0.717) is 11.4 Å². The zero-order valence-electron chi connectivity index (χ0n) is 9.63. The highest BCUT2D eigenvalue weighted by Crippen LogP contribution is 2.25. The minimum absolute atomic E-state index is 0.311. The zero-order valence-corrected chi connectivity index (χ0v) is 10.4. The summed E-state index contributed by atoms with van der Waals surface area (Å²) in [5.74, 6) is -0.311. The maximum atomic E-state index is 12.9. The van der Waals surface area contributed by atoms with Crippen LogP contribution in [0.4, 0.5) is 4.39 Å². The van der Waals surface area contributed by atoms with Crippen molar-refractivity contribution in [1.82, 2.24) is 0 Å². The van der Waals surface area contributed by atoms with Crippen LogP contribution in [0.3, 0.4) is 0 Å². The molecule has 0 fully saturated rings. The molecule has 0 heterocycles. The first kappa shape index (κ1) is 12.6. The van der Waals surface area contributed by atoms with Gasteiger partial charge in [0.15, 0.2) is 0 Å². The maximum absolute atomic E-state index is 12.9. The SMILES string of the molecule is OC1C=C(Cc2ccc(F)cc2Cl)CCCC1. The Labute approximate surface area is 106 Å². The minimum atomic E-state index is -0.341. The van der Waals surface area contributed by atoms with E-state index in [0.717, 1.165) is 31.2 Å². The molecule has 0 saturated carbocycles. The van der Waals surface area contributed by atoms with E-state index in [-0.39, 0.29) is 11.9 Å². The van der Waals surface area contributed by atoms with Crippen LogP contribution in [0, 0.1) is 5.82 Å². The van der Waals surface area contributed by atoms with Gasteiger partial charge >= 0.3 is 0 Å². The van der Waals surface area contributed by atoms with Gasteiger partial charge in [-0.05, 0) is 43.4 Å². The zero-order chi connectivity index (χ0) is 12.3. The third kappa shape index (κ3) is 3.55. The van der Waals surface area contributed by atoms with Gasteiger partial charge in [0.05, 0.1) is 6.10 Å². The third-order valence-corrected chi connectivity index (χ3v) is 3.46. The molecule has 1 aromatic carbocycles. The quantitative estimate of drug-likeness (QED) is 0.794. The number of aliphatic hydroxyl groups excluding tert-OH is 1. The summed E-state index contributed by atoms with van der Waals surface area (Å²) in [6.45, 7) is 0. The molecule has 0 aliphatic heterocycles. The predicted molar refractivity (Wildman–Crippen MR) is 67.7 cm³/mol. The fourth-order valence-corrected chi connectivity index (χ4v) is 2.44. The molecule has 17 heavy (non-hydrogen) atoms. The van der Waals surface area contributed by atoms with Crippen molar-refractivity contribution < 1.29 is 9.50 Å². The van der Waals surface area contributed by atoms with E-state index in [1.54, 1.807) is 6.07 Å². The van der Waals surface area contributed by atoms with E-state index >= 15 is 0 Å². The number of rotatable bonds is 2. The summed E-state index contributed by atoms with van der Waals surface area (Å²) in [5, 5.41) is 10.1. The van der Waals surface area contributed by atoms with Crippen molar-refractivity contribution in [3.05, 3.63) is 46.3 Å². The van der Waals surface area contributed by atoms with Crippen LogP contribution < -0.4 is 0 Å². The fourth-order valence-electron chi connectivity index (χ4n) is 2.20. The molecule has 1 atom stereocenters. The molecule has 0 amide bonds. The maximum Gasteiger partial charge on any atom is 0.124 e. The molecule has 0 bridgehead atoms. The average Bonchev–Trinajstić information content (AvgIpc) is 2.47. The van der Waals surface area contributed by atoms with Gasteiger partial charge in [0, 0.05) is 5.02 Å². The smallest absolute Gasteiger partial charge is 0.124 e. The molecule has 1 aromatic rings. The van der Waals surface area contributed by atoms with Crippen LogP contribution in [0.5, 0.6) is 0 Å². The van der Waals surface area contributed by atoms with Gasteiger partial charge in [-0.25, -0.2) is 4.39 Å². The Hall–Kier alpha value is -0.860. The monoisotopic (exact) mass is 254 g/mol. The summed E-state index contributed by atoms with van der Waals surface area (Å²) in [5.41, 5.74) is 2.12. The van der Waals surface area contributed by atoms with E-state index in [1.807, 2.05) is 6.08 Å². The van der Waals surface area contributed by atoms with Crippen molar-refractivity contribution in [3.8, 4) is 0 Å². The van der Waals surface area contributed by atoms with Gasteiger partial charge in [-0.2, -0.15) is 0 Å². The second-order valence-electron chi connectivity index (χ2n) is 4.55. The number of hydrogen-bond acceptors (Lipinski definition) is 1. The Morgan fingerprint density at radius 3 is 2.94 bits per heavy atom. The molecule has 1 nitrogen and oxygen atoms in total. The van der Waals surface area contributed by atoms with Crippen LogP contribution in [0.25, 0.3) is 0 Å². The number of hydrogen-bond donors (Lipinski definition) is 1. The highest BCUT2D eigenvalue weighted by molar-refractivity contribution is 6.31. The normalized spacial score (nSPS) is 20.9. The van der Waals surface area contributed by atoms with Crippen molar-refractivity contribution in [3.63, 3.8) is 0 Å². The molecule has 1 N–H and O–H groups in total. The van der Waals surface area contributed by atoms with Crippen molar-refractivity contribution >= 4 is 11.6 Å². The second-order valence-corrected chi connectivity index (χ2v) is 4.96. The molecule has 2 rings (SSSR count). The number of halogens is 2. The number of aliphatic hydroxyl groups is 1. The standard InChI is InChI=1S/C14H16ClFO/c15-14-9-12(16)6-5-11(14)7-10-3-1-2-4-13(17)8-10/h5-6,8-9,13,17H,1-4,7H2. The molecule has 0 saturated heterocycles. The summed E-state index contributed by atoms with van der Waals surface area (Å²) >= 11 is 6.00. The van der Waals surface area contributed by atoms with E-state index in [2.05, 4.69) is 0 Å². The van der Waals surface area contributed by atoms with E-state index in [1.165, 1.54) is 17.7 Å². The third-order valence-electron chi connectivity index (χ3n) is 3.11. The van der Waals surface area contributed by atoms with Gasteiger partial charge in [0.1, 0.15) is 5.82 Å². The van der Waals surface area contributed by atoms with Crippen molar-refractivity contribution in [2.75, 3.05) is 0 Å². The Balaban J connectivity index is 2.14. The minimum Gasteiger partial charge on any atom is -0.389 e. The summed E-state index contributed by atoms with van der Waals surface area (Å²) in [7, 11) is 0. The average molecular weight is 255 g/mol. The van der Waals surface area contributed by atoms with Crippen LogP contribution in [-0.4, -0.2) is 11.2 Å². The van der Waals surface area contributed by atoms with Crippen LogP contribution >= 0.6 is 11.6 Å². The van der Waals surface area contributed by atoms with Gasteiger partial charge in [-0.3, -0.25) is 0 Å². The molecule has 1 unspecified atom stereocenters. The summed E-state index contributed by atoms with van der Waals surface area (Å²) in [6, 6.07) is 4.48. The molecule has 0 spiro atoms. The largest absolute Gasteiger partial charge is 0.389 e. The Bertz CT molecular complexity index is 428. The summed E-state index contributed by atoms with van der Waals surface area (Å²) in [4.78, 5) is 0. The van der Waals surface area contributed by atoms with Crippen LogP contribution in [-0.2, 0) is 6.42 Å². The van der Waals surface area contributed by atoms with Gasteiger partial charge in [0.2, 0.25) is 0 Å². The van der Waals surface area contributed by atoms with Crippen molar-refractivity contribution in [1.29, 1.82) is 0 Å². The molecule has 1 aliphatic rings. The van der Waals surface area contributed by atoms with E-state index in [4.69, 9.17) is 11.6 Å². The van der Waals surface area contributed by atoms with E-state index < -0.39 is 0 Å². The molecule has 3 heteroatoms. The first-order valence-corrected chi connectivity index (χ1v) is 6.34. The second kappa shape index (κ2) is 5.65. The topological polar surface area (TPSA) is 20.2 Å². The van der Waals surface area contributed by atoms with Crippen LogP contribution in [0.2, 0.25) is 5.02 Å². The fraction of sp³-hybridized carbons (Fsp3) is 0.429. The molecule has 92 valence electrons. The Kier molecular flexibility index (Phi) is 4.19. The lowest BCUT2D eigenvalue weighted by atomic mass is 10.0. The summed E-state index contributed by atoms with van der Waals surface area (Å²) in [6.07, 6.45) is 6.26. The summed E-state index contributed by atoms with van der Waals surface area (Å²) < 4.78 is 12.9. The first-order chi connectivity index (χ1) is 8.15. The molecular weight excluding hydrogens is 239 g/mol. The lowest BCUT2D eigenvalue weighted by Gasteiger charge is -2.08. The molecule has 0 aromatic heterocycles. The Morgan fingerprint density at radius 2 is 2.18 bits per heavy atom. The van der Waals surface area contributed by atoms with Gasteiger partial charge in [-0.1, -0.05) is 35.7 Å². The highest BCUT2D eigenvalue weighted by atomic mass is 35.5. The Morgan fingerprint density at radius 1 is 1.35 bits per heavy atom. The van der Waals surface area contributed by atoms with Crippen molar-refractivity contribution in [2.24, 2.45) is 0 Å². The molecule has 0 radical (unpaired) electrons. The van der Waals surface area contributed by atoms with Crippen LogP contribution in [0.15, 0.2) is 29.8 Å². The van der Waals surface area contributed by atoms with E-state index in [9.17, 15) is 9.50 Å². The lowest BCUT2D eigenvalue weighted by Crippen LogP contribution is -2.01. The predicted octanol–water partition coefficient (Wildman–Crippen LogP) is 3.88. The number of benzene rings is 1. The molecular formula is C14H16ClFO. The molecule has 1 aliphatic carbocycles. The lowest BCUT2D eigenvalue weighted by molar-refractivity contribution is 0.211. The van der Waals surface area contributed by atoms with Gasteiger partial charge in [-0.15, -0.1) is 0 Å².